The van der Waals surface area contributed by atoms with E-state index in [1.165, 1.54) is 0 Å². The Balaban J connectivity index is 1.73. The van der Waals surface area contributed by atoms with E-state index in [1.807, 2.05) is 25.7 Å². The summed E-state index contributed by atoms with van der Waals surface area (Å²) in [6.45, 7) is 7.45. The van der Waals surface area contributed by atoms with Gasteiger partial charge in [0.1, 0.15) is 11.4 Å². The quantitative estimate of drug-likeness (QED) is 0.767. The van der Waals surface area contributed by atoms with Crippen molar-refractivity contribution < 1.29 is 14.3 Å². The summed E-state index contributed by atoms with van der Waals surface area (Å²) in [7, 11) is 0. The monoisotopic (exact) mass is 345 g/mol. The first-order valence-corrected chi connectivity index (χ1v) is 9.09. The van der Waals surface area contributed by atoms with Gasteiger partial charge in [0, 0.05) is 30.4 Å². The molecule has 136 valence electrons. The van der Waals surface area contributed by atoms with Crippen molar-refractivity contribution in [2.75, 3.05) is 0 Å². The van der Waals surface area contributed by atoms with Crippen molar-refractivity contribution in [3.05, 3.63) is 23.8 Å². The van der Waals surface area contributed by atoms with E-state index in [0.717, 1.165) is 19.3 Å². The van der Waals surface area contributed by atoms with E-state index in [-0.39, 0.29) is 29.9 Å². The molecular weight excluding hydrogens is 318 g/mol. The van der Waals surface area contributed by atoms with Gasteiger partial charge < -0.3 is 9.64 Å². The van der Waals surface area contributed by atoms with Crippen LogP contribution in [-0.2, 0) is 4.74 Å². The molecule has 0 radical (unpaired) electrons. The lowest BCUT2D eigenvalue weighted by molar-refractivity contribution is -0.0260. The lowest BCUT2D eigenvalue weighted by Gasteiger charge is -2.48. The molecule has 0 saturated carbocycles. The number of aromatic nitrogens is 2. The van der Waals surface area contributed by atoms with Crippen LogP contribution in [0, 0.1) is 12.8 Å². The van der Waals surface area contributed by atoms with Gasteiger partial charge in [0.05, 0.1) is 5.56 Å². The van der Waals surface area contributed by atoms with Crippen LogP contribution in [0.5, 0.6) is 0 Å². The maximum absolute atomic E-state index is 12.8. The summed E-state index contributed by atoms with van der Waals surface area (Å²) in [5, 5.41) is 0. The number of ketones is 1. The molecule has 2 aliphatic heterocycles. The van der Waals surface area contributed by atoms with Crippen LogP contribution in [0.25, 0.3) is 0 Å². The van der Waals surface area contributed by atoms with Crippen LogP contribution < -0.4 is 0 Å². The minimum Gasteiger partial charge on any atom is -0.444 e. The molecule has 1 aromatic rings. The fraction of sp³-hybridized carbons (Fsp3) is 0.684. The number of piperidine rings is 2. The maximum Gasteiger partial charge on any atom is 0.410 e. The van der Waals surface area contributed by atoms with Gasteiger partial charge in [-0.1, -0.05) is 0 Å². The summed E-state index contributed by atoms with van der Waals surface area (Å²) in [5.41, 5.74) is 0.0662. The van der Waals surface area contributed by atoms with E-state index in [2.05, 4.69) is 9.97 Å². The van der Waals surface area contributed by atoms with E-state index >= 15 is 0 Å². The lowest BCUT2D eigenvalue weighted by Crippen LogP contribution is -2.56. The predicted octanol–water partition coefficient (Wildman–Crippen LogP) is 3.54. The Bertz CT molecular complexity index is 637. The topological polar surface area (TPSA) is 72.4 Å². The molecule has 1 aromatic heterocycles. The highest BCUT2D eigenvalue weighted by atomic mass is 16.6. The van der Waals surface area contributed by atoms with Crippen LogP contribution in [0.15, 0.2) is 12.4 Å². The number of rotatable bonds is 2. The third-order valence-corrected chi connectivity index (χ3v) is 5.02. The second-order valence-corrected chi connectivity index (χ2v) is 8.18. The lowest BCUT2D eigenvalue weighted by atomic mass is 9.76. The first-order valence-electron chi connectivity index (χ1n) is 9.09. The third-order valence-electron chi connectivity index (χ3n) is 5.02. The molecule has 0 aliphatic carbocycles. The Morgan fingerprint density at radius 1 is 1.12 bits per heavy atom. The van der Waals surface area contributed by atoms with Crippen LogP contribution >= 0.6 is 0 Å². The summed E-state index contributed by atoms with van der Waals surface area (Å²) in [6, 6.07) is 0.172. The number of amides is 1. The van der Waals surface area contributed by atoms with Crippen molar-refractivity contribution in [2.24, 2.45) is 5.92 Å². The number of carbonyl (C=O) groups excluding carboxylic acids is 2. The summed E-state index contributed by atoms with van der Waals surface area (Å²) in [4.78, 5) is 35.6. The maximum atomic E-state index is 12.8. The van der Waals surface area contributed by atoms with Gasteiger partial charge in [0.15, 0.2) is 5.78 Å². The average molecular weight is 345 g/mol. The summed E-state index contributed by atoms with van der Waals surface area (Å²) < 4.78 is 5.59. The molecule has 2 atom stereocenters. The summed E-state index contributed by atoms with van der Waals surface area (Å²) >= 11 is 0. The highest BCUT2D eigenvalue weighted by molar-refractivity contribution is 5.97. The van der Waals surface area contributed by atoms with Gasteiger partial charge in [-0.05, 0) is 59.8 Å². The zero-order chi connectivity index (χ0) is 18.2. The molecule has 25 heavy (non-hydrogen) atoms. The molecule has 1 amide bonds. The standard InChI is InChI=1S/C19H27N3O3/c1-12-20-10-14(11-21-12)17(23)13-8-15-6-5-7-16(9-13)22(15)18(24)25-19(2,3)4/h10-11,13,15-16H,5-9H2,1-4H3. The number of fused-ring (bicyclic) bond motifs is 2. The van der Waals surface area contributed by atoms with Crippen molar-refractivity contribution in [1.82, 2.24) is 14.9 Å². The molecule has 3 rings (SSSR count). The largest absolute Gasteiger partial charge is 0.444 e. The minimum absolute atomic E-state index is 0.0692. The number of hydrogen-bond acceptors (Lipinski definition) is 5. The van der Waals surface area contributed by atoms with Crippen molar-refractivity contribution in [3.8, 4) is 0 Å². The van der Waals surface area contributed by atoms with Crippen molar-refractivity contribution in [3.63, 3.8) is 0 Å². The highest BCUT2D eigenvalue weighted by Gasteiger charge is 2.44. The molecule has 0 spiro atoms. The van der Waals surface area contributed by atoms with Crippen LogP contribution in [-0.4, -0.2) is 44.4 Å². The minimum atomic E-state index is -0.503. The Kier molecular flexibility index (Phi) is 4.80. The number of aryl methyl sites for hydroxylation is 1. The summed E-state index contributed by atoms with van der Waals surface area (Å²) in [6.07, 6.45) is 7.34. The van der Waals surface area contributed by atoms with Crippen molar-refractivity contribution in [2.45, 2.75) is 77.5 Å². The Labute approximate surface area is 149 Å². The molecule has 6 heteroatoms. The molecule has 0 N–H and O–H groups in total. The smallest absolute Gasteiger partial charge is 0.410 e. The Morgan fingerprint density at radius 2 is 1.68 bits per heavy atom. The summed E-state index contributed by atoms with van der Waals surface area (Å²) in [5.74, 6) is 0.689. The van der Waals surface area contributed by atoms with Gasteiger partial charge in [0.25, 0.3) is 0 Å². The number of carbonyl (C=O) groups is 2. The van der Waals surface area contributed by atoms with Crippen molar-refractivity contribution >= 4 is 11.9 Å². The number of Topliss-reactive ketones (excluding diaryl/α,β-unsaturated/α-hetero) is 1. The molecular formula is C19H27N3O3. The second kappa shape index (κ2) is 6.73. The van der Waals surface area contributed by atoms with E-state index in [1.54, 1.807) is 19.3 Å². The van der Waals surface area contributed by atoms with Crippen LogP contribution in [0.2, 0.25) is 0 Å². The molecule has 2 bridgehead atoms. The van der Waals surface area contributed by atoms with Gasteiger partial charge >= 0.3 is 6.09 Å². The molecule has 0 aromatic carbocycles. The molecule has 2 saturated heterocycles. The van der Waals surface area contributed by atoms with E-state index in [9.17, 15) is 9.59 Å². The number of ether oxygens (including phenoxy) is 1. The normalized spacial score (nSPS) is 26.2. The second-order valence-electron chi connectivity index (χ2n) is 8.18. The van der Waals surface area contributed by atoms with Crippen LogP contribution in [0.3, 0.4) is 0 Å². The van der Waals surface area contributed by atoms with Crippen molar-refractivity contribution in [1.29, 1.82) is 0 Å². The Morgan fingerprint density at radius 3 is 2.20 bits per heavy atom. The number of hydrogen-bond donors (Lipinski definition) is 0. The molecule has 6 nitrogen and oxygen atoms in total. The first-order chi connectivity index (χ1) is 11.7. The first kappa shape index (κ1) is 17.8. The van der Waals surface area contributed by atoms with E-state index in [0.29, 0.717) is 24.2 Å². The average Bonchev–Trinajstić information content (AvgIpc) is 2.52. The van der Waals surface area contributed by atoms with Gasteiger partial charge in [-0.15, -0.1) is 0 Å². The SMILES string of the molecule is Cc1ncc(C(=O)C2CC3CCCC(C2)N3C(=O)OC(C)(C)C)cn1. The van der Waals surface area contributed by atoms with Crippen LogP contribution in [0.1, 0.15) is 69.1 Å². The zero-order valence-electron chi connectivity index (χ0n) is 15.5. The predicted molar refractivity (Wildman–Crippen MR) is 93.3 cm³/mol. The Hall–Kier alpha value is -1.98. The molecule has 2 fully saturated rings. The van der Waals surface area contributed by atoms with Gasteiger partial charge in [-0.2, -0.15) is 0 Å². The van der Waals surface area contributed by atoms with E-state index < -0.39 is 5.60 Å². The number of nitrogens with zero attached hydrogens (tertiary/aromatic N) is 3. The fourth-order valence-corrected chi connectivity index (χ4v) is 3.96. The van der Waals surface area contributed by atoms with Gasteiger partial charge in [-0.3, -0.25) is 4.79 Å². The van der Waals surface area contributed by atoms with Crippen LogP contribution in [0.4, 0.5) is 4.79 Å². The van der Waals surface area contributed by atoms with E-state index in [4.69, 9.17) is 4.74 Å². The van der Waals surface area contributed by atoms with Gasteiger partial charge in [-0.25, -0.2) is 14.8 Å². The molecule has 3 heterocycles. The van der Waals surface area contributed by atoms with Gasteiger partial charge in [0.2, 0.25) is 0 Å². The third kappa shape index (κ3) is 3.99. The fourth-order valence-electron chi connectivity index (χ4n) is 3.96. The molecule has 2 aliphatic rings. The molecule has 2 unspecified atom stereocenters. The highest BCUT2D eigenvalue weighted by Crippen LogP contribution is 2.39. The zero-order valence-corrected chi connectivity index (χ0v) is 15.5.